The average molecular weight is 324 g/mol. The Morgan fingerprint density at radius 3 is 2.50 bits per heavy atom. The van der Waals surface area contributed by atoms with E-state index in [4.69, 9.17) is 10.5 Å². The van der Waals surface area contributed by atoms with Crippen molar-refractivity contribution >= 4 is 5.69 Å². The standard InChI is InChI=1S/C14H17F5N2O/c1-21-6-2-3-10(21)8-22-12-7-9(20)4-5-11(12)13(15,16)14(17,18)19/h4-5,7,10H,2-3,6,8,20H2,1H3/t10-/m0/s1. The number of nitrogen functional groups attached to an aromatic ring is 1. The average Bonchev–Trinajstić information content (AvgIpc) is 2.80. The lowest BCUT2D eigenvalue weighted by Crippen LogP contribution is -2.35. The topological polar surface area (TPSA) is 38.5 Å². The predicted molar refractivity (Wildman–Crippen MR) is 72.0 cm³/mol. The zero-order chi connectivity index (χ0) is 16.5. The monoisotopic (exact) mass is 324 g/mol. The Morgan fingerprint density at radius 1 is 1.27 bits per heavy atom. The third kappa shape index (κ3) is 3.26. The zero-order valence-electron chi connectivity index (χ0n) is 12.0. The molecule has 3 nitrogen and oxygen atoms in total. The van der Waals surface area contributed by atoms with E-state index in [1.165, 1.54) is 0 Å². The molecule has 0 radical (unpaired) electrons. The largest absolute Gasteiger partial charge is 0.491 e. The van der Waals surface area contributed by atoms with Gasteiger partial charge in [-0.15, -0.1) is 0 Å². The maximum Gasteiger partial charge on any atom is 0.458 e. The SMILES string of the molecule is CN1CCC[C@H]1COc1cc(N)ccc1C(F)(F)C(F)(F)F. The Bertz CT molecular complexity index is 532. The zero-order valence-corrected chi connectivity index (χ0v) is 12.0. The second-order valence-electron chi connectivity index (χ2n) is 5.42. The summed E-state index contributed by atoms with van der Waals surface area (Å²) < 4.78 is 70.1. The normalized spacial score (nSPS) is 20.4. The van der Waals surface area contributed by atoms with Crippen LogP contribution in [0.4, 0.5) is 27.6 Å². The van der Waals surface area contributed by atoms with E-state index in [1.807, 2.05) is 11.9 Å². The van der Waals surface area contributed by atoms with Crippen LogP contribution < -0.4 is 10.5 Å². The van der Waals surface area contributed by atoms with Crippen molar-refractivity contribution in [1.82, 2.24) is 4.90 Å². The predicted octanol–water partition coefficient (Wildman–Crippen LogP) is 3.40. The van der Waals surface area contributed by atoms with E-state index in [0.717, 1.165) is 31.5 Å². The maximum atomic E-state index is 13.6. The van der Waals surface area contributed by atoms with E-state index in [1.54, 1.807) is 0 Å². The van der Waals surface area contributed by atoms with Crippen LogP contribution >= 0.6 is 0 Å². The van der Waals surface area contributed by atoms with E-state index in [0.29, 0.717) is 6.07 Å². The minimum atomic E-state index is -5.69. The Kier molecular flexibility index (Phi) is 4.51. The summed E-state index contributed by atoms with van der Waals surface area (Å²) >= 11 is 0. The van der Waals surface area contributed by atoms with Crippen LogP contribution in [-0.4, -0.2) is 37.3 Å². The molecule has 1 heterocycles. The highest BCUT2D eigenvalue weighted by molar-refractivity contribution is 5.50. The molecular formula is C14H17F5N2O. The van der Waals surface area contributed by atoms with Gasteiger partial charge in [-0.3, -0.25) is 0 Å². The van der Waals surface area contributed by atoms with E-state index < -0.39 is 23.4 Å². The summed E-state index contributed by atoms with van der Waals surface area (Å²) in [6.45, 7) is 0.886. The summed E-state index contributed by atoms with van der Waals surface area (Å²) in [7, 11) is 1.85. The molecular weight excluding hydrogens is 307 g/mol. The number of benzene rings is 1. The minimum absolute atomic E-state index is 0.00575. The molecule has 2 N–H and O–H groups in total. The van der Waals surface area contributed by atoms with Gasteiger partial charge in [-0.05, 0) is 38.6 Å². The third-order valence-corrected chi connectivity index (χ3v) is 3.80. The lowest BCUT2D eigenvalue weighted by molar-refractivity contribution is -0.289. The number of halogens is 5. The molecule has 1 atom stereocenters. The van der Waals surface area contributed by atoms with Crippen molar-refractivity contribution in [1.29, 1.82) is 0 Å². The molecule has 124 valence electrons. The molecule has 1 fully saturated rings. The summed E-state index contributed by atoms with van der Waals surface area (Å²) in [5.41, 5.74) is 4.33. The fourth-order valence-corrected chi connectivity index (χ4v) is 2.45. The lowest BCUT2D eigenvalue weighted by Gasteiger charge is -2.24. The molecule has 8 heteroatoms. The van der Waals surface area contributed by atoms with E-state index in [2.05, 4.69) is 0 Å². The highest BCUT2D eigenvalue weighted by Gasteiger charge is 2.60. The minimum Gasteiger partial charge on any atom is -0.491 e. The summed E-state index contributed by atoms with van der Waals surface area (Å²) in [5, 5.41) is 0. The summed E-state index contributed by atoms with van der Waals surface area (Å²) in [4.78, 5) is 1.98. The molecule has 1 aromatic rings. The molecule has 1 saturated heterocycles. The number of ether oxygens (including phenoxy) is 1. The van der Waals surface area contributed by atoms with Gasteiger partial charge in [-0.2, -0.15) is 22.0 Å². The van der Waals surface area contributed by atoms with Gasteiger partial charge in [0.25, 0.3) is 0 Å². The maximum absolute atomic E-state index is 13.6. The number of likely N-dealkylation sites (tertiary alicyclic amines) is 1. The van der Waals surface area contributed by atoms with Gasteiger partial charge in [-0.25, -0.2) is 0 Å². The van der Waals surface area contributed by atoms with Crippen LogP contribution in [0.5, 0.6) is 5.75 Å². The van der Waals surface area contributed by atoms with Gasteiger partial charge >= 0.3 is 12.1 Å². The van der Waals surface area contributed by atoms with E-state index in [9.17, 15) is 22.0 Å². The second-order valence-corrected chi connectivity index (χ2v) is 5.42. The van der Waals surface area contributed by atoms with Crippen molar-refractivity contribution in [3.63, 3.8) is 0 Å². The first kappa shape index (κ1) is 16.8. The first-order valence-corrected chi connectivity index (χ1v) is 6.80. The van der Waals surface area contributed by atoms with Crippen LogP contribution in [0.2, 0.25) is 0 Å². The van der Waals surface area contributed by atoms with E-state index >= 15 is 0 Å². The molecule has 0 unspecified atom stereocenters. The number of nitrogens with zero attached hydrogens (tertiary/aromatic N) is 1. The molecule has 0 aliphatic carbocycles. The number of rotatable bonds is 4. The molecule has 22 heavy (non-hydrogen) atoms. The number of alkyl halides is 5. The fraction of sp³-hybridized carbons (Fsp3) is 0.571. The first-order chi connectivity index (χ1) is 10.1. The van der Waals surface area contributed by atoms with E-state index in [-0.39, 0.29) is 18.3 Å². The molecule has 0 spiro atoms. The molecule has 0 bridgehead atoms. The number of hydrogen-bond donors (Lipinski definition) is 1. The molecule has 1 aliphatic heterocycles. The third-order valence-electron chi connectivity index (χ3n) is 3.80. The first-order valence-electron chi connectivity index (χ1n) is 6.80. The smallest absolute Gasteiger partial charge is 0.458 e. The van der Waals surface area contributed by atoms with Crippen LogP contribution in [0.1, 0.15) is 18.4 Å². The van der Waals surface area contributed by atoms with Crippen LogP contribution in [0.15, 0.2) is 18.2 Å². The molecule has 0 amide bonds. The van der Waals surface area contributed by atoms with Crippen molar-refractivity contribution in [3.8, 4) is 5.75 Å². The van der Waals surface area contributed by atoms with Crippen molar-refractivity contribution < 1.29 is 26.7 Å². The number of hydrogen-bond acceptors (Lipinski definition) is 3. The van der Waals surface area contributed by atoms with Crippen LogP contribution in [0.25, 0.3) is 0 Å². The van der Waals surface area contributed by atoms with Gasteiger partial charge in [0.2, 0.25) is 0 Å². The van der Waals surface area contributed by atoms with Crippen LogP contribution in [-0.2, 0) is 5.92 Å². The quantitative estimate of drug-likeness (QED) is 0.681. The van der Waals surface area contributed by atoms with Crippen molar-refractivity contribution in [2.45, 2.75) is 31.0 Å². The van der Waals surface area contributed by atoms with Gasteiger partial charge in [-0.1, -0.05) is 0 Å². The van der Waals surface area contributed by atoms with Crippen molar-refractivity contribution in [3.05, 3.63) is 23.8 Å². The van der Waals surface area contributed by atoms with Gasteiger partial charge < -0.3 is 15.4 Å². The number of nitrogens with two attached hydrogens (primary N) is 1. The molecule has 2 rings (SSSR count). The fourth-order valence-electron chi connectivity index (χ4n) is 2.45. The van der Waals surface area contributed by atoms with Crippen molar-refractivity contribution in [2.24, 2.45) is 0 Å². The molecule has 0 aromatic heterocycles. The lowest BCUT2D eigenvalue weighted by atomic mass is 10.1. The van der Waals surface area contributed by atoms with Gasteiger partial charge in [0, 0.05) is 17.8 Å². The Hall–Kier alpha value is -1.57. The number of likely N-dealkylation sites (N-methyl/N-ethyl adjacent to an activating group) is 1. The Morgan fingerprint density at radius 2 is 1.95 bits per heavy atom. The molecule has 1 aliphatic rings. The number of anilines is 1. The van der Waals surface area contributed by atoms with Gasteiger partial charge in [0.1, 0.15) is 12.4 Å². The highest BCUT2D eigenvalue weighted by Crippen LogP contribution is 2.47. The van der Waals surface area contributed by atoms with Gasteiger partial charge in [0.15, 0.2) is 0 Å². The summed E-state index contributed by atoms with van der Waals surface area (Å²) in [5.74, 6) is -5.51. The van der Waals surface area contributed by atoms with Gasteiger partial charge in [0.05, 0.1) is 5.56 Å². The molecule has 0 saturated carbocycles. The molecule has 1 aromatic carbocycles. The Balaban J connectivity index is 2.24. The Labute approximate surface area is 124 Å². The highest BCUT2D eigenvalue weighted by atomic mass is 19.4. The second kappa shape index (κ2) is 5.91. The van der Waals surface area contributed by atoms with Crippen LogP contribution in [0, 0.1) is 0 Å². The summed E-state index contributed by atoms with van der Waals surface area (Å²) in [6, 6.07) is 2.66. The van der Waals surface area contributed by atoms with Crippen molar-refractivity contribution in [2.75, 3.05) is 25.9 Å². The van der Waals surface area contributed by atoms with Crippen LogP contribution in [0.3, 0.4) is 0 Å². The summed E-state index contributed by atoms with van der Waals surface area (Å²) in [6.07, 6.45) is -3.94.